The molecule has 0 N–H and O–H groups in total. The standard InChI is InChI=1S/C55H31N/c56-32-33-13-9-18-36(29-33)37-19-10-20-38(30-37)39-27-28-46-51-42(39)23-11-26-45(51)55-50(35-16-5-2-6-17-35)53-44-25-12-24-43-40-21-7-8-22-41(40)47(52(43)44)31-48(53)49(54(46)55)34-14-3-1-4-15-34/h1-31H. The van der Waals surface area contributed by atoms with E-state index in [4.69, 9.17) is 0 Å². The summed E-state index contributed by atoms with van der Waals surface area (Å²) in [6.07, 6.45) is 0. The lowest BCUT2D eigenvalue weighted by Crippen LogP contribution is -1.91. The van der Waals surface area contributed by atoms with Crippen molar-refractivity contribution in [1.29, 1.82) is 5.26 Å². The SMILES string of the molecule is N#Cc1cccc(-c2cccc(-c3ccc4c5c(-c6ccccc6)c6cc7c8ccccc8c8cccc(c6c(-c6ccccc6)c5c5cccc3c45)c87)c2)c1. The molecule has 256 valence electrons. The molecular weight excluding hydrogens is 675 g/mol. The van der Waals surface area contributed by atoms with Crippen LogP contribution >= 0.6 is 0 Å². The molecule has 12 aromatic rings. The van der Waals surface area contributed by atoms with Gasteiger partial charge in [0, 0.05) is 0 Å². The molecule has 0 fully saturated rings. The van der Waals surface area contributed by atoms with Gasteiger partial charge in [-0.25, -0.2) is 0 Å². The van der Waals surface area contributed by atoms with Crippen molar-refractivity contribution in [2.75, 3.05) is 0 Å². The number of nitrogens with zero attached hydrogens (tertiary/aromatic N) is 1. The van der Waals surface area contributed by atoms with Crippen molar-refractivity contribution in [2.24, 2.45) is 0 Å². The van der Waals surface area contributed by atoms with Crippen LogP contribution < -0.4 is 0 Å². The van der Waals surface area contributed by atoms with Crippen molar-refractivity contribution in [3.63, 3.8) is 0 Å². The molecule has 0 unspecified atom stereocenters. The predicted molar refractivity (Wildman–Crippen MR) is 238 cm³/mol. The van der Waals surface area contributed by atoms with E-state index in [1.807, 2.05) is 18.2 Å². The minimum atomic E-state index is 0.665. The number of benzene rings is 10. The quantitative estimate of drug-likeness (QED) is 0.167. The fraction of sp³-hybridized carbons (Fsp3) is 0. The number of hydrogen-bond donors (Lipinski definition) is 0. The predicted octanol–water partition coefficient (Wildman–Crippen LogP) is 15.2. The van der Waals surface area contributed by atoms with Gasteiger partial charge in [0.25, 0.3) is 0 Å². The van der Waals surface area contributed by atoms with Gasteiger partial charge in [0.15, 0.2) is 0 Å². The largest absolute Gasteiger partial charge is 0.192 e. The van der Waals surface area contributed by atoms with Gasteiger partial charge in [-0.15, -0.1) is 0 Å². The highest BCUT2D eigenvalue weighted by atomic mass is 14.3. The van der Waals surface area contributed by atoms with E-state index in [0.717, 1.165) is 16.7 Å². The highest BCUT2D eigenvalue weighted by Crippen LogP contribution is 2.55. The molecule has 1 heteroatoms. The van der Waals surface area contributed by atoms with Gasteiger partial charge in [-0.2, -0.15) is 5.26 Å². The lowest BCUT2D eigenvalue weighted by Gasteiger charge is -2.19. The maximum absolute atomic E-state index is 9.61. The maximum atomic E-state index is 9.61. The summed E-state index contributed by atoms with van der Waals surface area (Å²) < 4.78 is 0. The second-order valence-corrected chi connectivity index (χ2v) is 15.0. The van der Waals surface area contributed by atoms with Crippen LogP contribution in [0.2, 0.25) is 0 Å². The van der Waals surface area contributed by atoms with Gasteiger partial charge in [0.2, 0.25) is 0 Å². The summed E-state index contributed by atoms with van der Waals surface area (Å²) in [5, 5.41) is 27.8. The van der Waals surface area contributed by atoms with E-state index in [1.165, 1.54) is 103 Å². The number of hydrogen-bond acceptors (Lipinski definition) is 1. The fourth-order valence-electron chi connectivity index (χ4n) is 9.90. The summed E-state index contributed by atoms with van der Waals surface area (Å²) in [5.74, 6) is 0. The Balaban J connectivity index is 1.28. The van der Waals surface area contributed by atoms with Gasteiger partial charge in [-0.05, 0) is 144 Å². The van der Waals surface area contributed by atoms with E-state index in [-0.39, 0.29) is 0 Å². The number of fused-ring (bicyclic) bond motifs is 8. The molecular formula is C55H31N. The molecule has 0 aliphatic rings. The van der Waals surface area contributed by atoms with Crippen LogP contribution in [-0.4, -0.2) is 0 Å². The van der Waals surface area contributed by atoms with E-state index in [1.54, 1.807) is 0 Å². The lowest BCUT2D eigenvalue weighted by atomic mass is 9.84. The molecule has 0 aliphatic carbocycles. The molecule has 0 aromatic heterocycles. The van der Waals surface area contributed by atoms with Gasteiger partial charge >= 0.3 is 0 Å². The summed E-state index contributed by atoms with van der Waals surface area (Å²) >= 11 is 0. The molecule has 0 amide bonds. The monoisotopic (exact) mass is 705 g/mol. The summed E-state index contributed by atoms with van der Waals surface area (Å²) in [6, 6.07) is 70.9. The topological polar surface area (TPSA) is 23.8 Å². The molecule has 12 rings (SSSR count). The Hall–Kier alpha value is -7.53. The molecule has 56 heavy (non-hydrogen) atoms. The fourth-order valence-corrected chi connectivity index (χ4v) is 9.90. The van der Waals surface area contributed by atoms with Crippen molar-refractivity contribution in [3.8, 4) is 50.6 Å². The third-order valence-electron chi connectivity index (χ3n) is 12.1. The van der Waals surface area contributed by atoms with Gasteiger partial charge in [0.1, 0.15) is 0 Å². The van der Waals surface area contributed by atoms with Gasteiger partial charge in [0.05, 0.1) is 11.6 Å². The highest BCUT2D eigenvalue weighted by Gasteiger charge is 2.26. The lowest BCUT2D eigenvalue weighted by molar-refractivity contribution is 1.48. The van der Waals surface area contributed by atoms with Gasteiger partial charge < -0.3 is 0 Å². The molecule has 0 saturated carbocycles. The van der Waals surface area contributed by atoms with Crippen LogP contribution in [0.4, 0.5) is 0 Å². The van der Waals surface area contributed by atoms with E-state index in [0.29, 0.717) is 5.56 Å². The van der Waals surface area contributed by atoms with Crippen LogP contribution in [0.3, 0.4) is 0 Å². The van der Waals surface area contributed by atoms with Crippen LogP contribution in [-0.2, 0) is 0 Å². The second-order valence-electron chi connectivity index (χ2n) is 15.0. The molecule has 0 radical (unpaired) electrons. The van der Waals surface area contributed by atoms with E-state index < -0.39 is 0 Å². The van der Waals surface area contributed by atoms with Crippen molar-refractivity contribution >= 4 is 75.4 Å². The third kappa shape index (κ3) is 4.24. The zero-order valence-electron chi connectivity index (χ0n) is 30.3. The van der Waals surface area contributed by atoms with E-state index >= 15 is 0 Å². The van der Waals surface area contributed by atoms with Crippen LogP contribution in [0.5, 0.6) is 0 Å². The van der Waals surface area contributed by atoms with Crippen LogP contribution in [0, 0.1) is 11.3 Å². The van der Waals surface area contributed by atoms with Crippen molar-refractivity contribution in [1.82, 2.24) is 0 Å². The second kappa shape index (κ2) is 11.7. The Labute approximate surface area is 323 Å². The third-order valence-corrected chi connectivity index (χ3v) is 12.1. The average molecular weight is 706 g/mol. The first-order valence-corrected chi connectivity index (χ1v) is 19.2. The summed E-state index contributed by atoms with van der Waals surface area (Å²) in [6.45, 7) is 0. The first-order valence-electron chi connectivity index (χ1n) is 19.2. The molecule has 0 saturated heterocycles. The first-order chi connectivity index (χ1) is 27.8. The maximum Gasteiger partial charge on any atom is 0.0991 e. The van der Waals surface area contributed by atoms with Crippen LogP contribution in [0.1, 0.15) is 5.56 Å². The van der Waals surface area contributed by atoms with Crippen molar-refractivity contribution in [3.05, 3.63) is 194 Å². The van der Waals surface area contributed by atoms with Gasteiger partial charge in [-0.3, -0.25) is 0 Å². The Morgan fingerprint density at radius 2 is 0.768 bits per heavy atom. The molecule has 12 aromatic carbocycles. The molecule has 1 nitrogen and oxygen atoms in total. The average Bonchev–Trinajstić information content (AvgIpc) is 3.78. The Kier molecular flexibility index (Phi) is 6.47. The van der Waals surface area contributed by atoms with Crippen molar-refractivity contribution in [2.45, 2.75) is 0 Å². The zero-order chi connectivity index (χ0) is 36.9. The first kappa shape index (κ1) is 30.9. The molecule has 0 heterocycles. The van der Waals surface area contributed by atoms with Crippen molar-refractivity contribution < 1.29 is 0 Å². The summed E-state index contributed by atoms with van der Waals surface area (Å²) in [7, 11) is 0. The van der Waals surface area contributed by atoms with Crippen LogP contribution in [0.15, 0.2) is 188 Å². The molecule has 0 bridgehead atoms. The van der Waals surface area contributed by atoms with Gasteiger partial charge in [-0.1, -0.05) is 164 Å². The Morgan fingerprint density at radius 3 is 1.52 bits per heavy atom. The minimum absolute atomic E-state index is 0.665. The van der Waals surface area contributed by atoms with E-state index in [2.05, 4.69) is 176 Å². The number of rotatable bonds is 4. The summed E-state index contributed by atoms with van der Waals surface area (Å²) in [4.78, 5) is 0. The Morgan fingerprint density at radius 1 is 0.268 bits per heavy atom. The minimum Gasteiger partial charge on any atom is -0.192 e. The zero-order valence-corrected chi connectivity index (χ0v) is 30.3. The smallest absolute Gasteiger partial charge is 0.0991 e. The Bertz CT molecular complexity index is 3570. The highest BCUT2D eigenvalue weighted by molar-refractivity contribution is 6.45. The summed E-state index contributed by atoms with van der Waals surface area (Å²) in [5.41, 5.74) is 10.2. The molecule has 0 aliphatic heterocycles. The molecule has 0 atom stereocenters. The number of nitriles is 1. The molecule has 0 spiro atoms. The van der Waals surface area contributed by atoms with Crippen LogP contribution in [0.25, 0.3) is 120 Å². The normalized spacial score (nSPS) is 11.9. The van der Waals surface area contributed by atoms with E-state index in [9.17, 15) is 5.26 Å².